The topological polar surface area (TPSA) is 228 Å². The van der Waals surface area contributed by atoms with Crippen molar-refractivity contribution in [1.82, 2.24) is 12.3 Å². The maximum atomic E-state index is 8.74. The Morgan fingerprint density at radius 2 is 1.00 bits per heavy atom. The van der Waals surface area contributed by atoms with Crippen molar-refractivity contribution in [2.75, 3.05) is 0 Å². The van der Waals surface area contributed by atoms with Crippen molar-refractivity contribution in [2.45, 2.75) is 0 Å². The zero-order valence-electron chi connectivity index (χ0n) is 6.16. The molecule has 0 aromatic carbocycles. The molecular formula is H10MoN2O8S. The molecule has 12 heteroatoms. The standard InChI is InChI=1S/Mo.2H3N.H2O4S.4O/c;;;1-5(2,3)4;;;;/h;2*1H3;(H2,1,2,3,4);;;;/q;;;;;;2*-1/p+2. The van der Waals surface area contributed by atoms with Crippen LogP contribution < -0.4 is 19.8 Å². The summed E-state index contributed by atoms with van der Waals surface area (Å²) in [6, 6.07) is 0. The summed E-state index contributed by atoms with van der Waals surface area (Å²) >= 11 is -6.02. The van der Waals surface area contributed by atoms with Crippen LogP contribution in [0.15, 0.2) is 0 Å². The van der Waals surface area contributed by atoms with Crippen molar-refractivity contribution < 1.29 is 48.6 Å². The number of hydrogen-bond donors (Lipinski definition) is 4. The summed E-state index contributed by atoms with van der Waals surface area (Å²) in [6.45, 7) is 0. The molecule has 0 saturated carbocycles. The Balaban J connectivity index is -0.0000000457. The van der Waals surface area contributed by atoms with Crippen LogP contribution in [0.5, 0.6) is 0 Å². The molecule has 0 rings (SSSR count). The summed E-state index contributed by atoms with van der Waals surface area (Å²) in [5, 5.41) is 0. The van der Waals surface area contributed by atoms with Crippen LogP contribution in [0.25, 0.3) is 0 Å². The third-order valence-corrected chi connectivity index (χ3v) is 0. The maximum absolute atomic E-state index is 8.74. The van der Waals surface area contributed by atoms with Crippen LogP contribution in [0.3, 0.4) is 0 Å². The van der Waals surface area contributed by atoms with Crippen molar-refractivity contribution in [3.63, 3.8) is 0 Å². The molecular weight excluding hydrogens is 284 g/mol. The number of quaternary nitrogens is 2. The predicted octanol–water partition coefficient (Wildman–Crippen LogP) is -2.52. The first-order valence-electron chi connectivity index (χ1n) is 1.37. The molecule has 0 amide bonds. The van der Waals surface area contributed by atoms with E-state index in [1.54, 1.807) is 0 Å². The number of hydrogen-bond acceptors (Lipinski definition) is 6. The molecule has 12 heavy (non-hydrogen) atoms. The van der Waals surface area contributed by atoms with E-state index in [9.17, 15) is 0 Å². The van der Waals surface area contributed by atoms with Gasteiger partial charge in [0.25, 0.3) is 0 Å². The van der Waals surface area contributed by atoms with E-state index in [4.69, 9.17) is 31.8 Å². The first-order chi connectivity index (χ1) is 4.00. The summed E-state index contributed by atoms with van der Waals surface area (Å²) in [4.78, 5) is 0. The van der Waals surface area contributed by atoms with Gasteiger partial charge >= 0.3 is 41.5 Å². The van der Waals surface area contributed by atoms with Gasteiger partial charge in [0.2, 0.25) is 0 Å². The van der Waals surface area contributed by atoms with Gasteiger partial charge in [-0.25, -0.2) is 0 Å². The van der Waals surface area contributed by atoms with E-state index in [1.165, 1.54) is 0 Å². The average molecular weight is 294 g/mol. The molecule has 0 aliphatic rings. The Hall–Kier alpha value is -0.00169. The van der Waals surface area contributed by atoms with Gasteiger partial charge in [0.1, 0.15) is 0 Å². The monoisotopic (exact) mass is 296 g/mol. The Kier molecular flexibility index (Phi) is 14.4. The Labute approximate surface area is 71.7 Å². The van der Waals surface area contributed by atoms with Gasteiger partial charge in [-0.15, -0.1) is 0 Å². The van der Waals surface area contributed by atoms with Crippen molar-refractivity contribution in [3.05, 3.63) is 0 Å². The van der Waals surface area contributed by atoms with E-state index in [-0.39, 0.29) is 12.3 Å². The van der Waals surface area contributed by atoms with E-state index in [1.807, 2.05) is 0 Å². The molecule has 10 nitrogen and oxygen atoms in total. The first kappa shape index (κ1) is 22.7. The van der Waals surface area contributed by atoms with E-state index in [0.29, 0.717) is 0 Å². The van der Waals surface area contributed by atoms with Crippen LogP contribution in [-0.4, -0.2) is 17.5 Å². The third-order valence-electron chi connectivity index (χ3n) is 0. The second kappa shape index (κ2) is 7.64. The summed E-state index contributed by atoms with van der Waals surface area (Å²) in [5.41, 5.74) is 0. The van der Waals surface area contributed by atoms with Crippen molar-refractivity contribution in [2.24, 2.45) is 0 Å². The van der Waals surface area contributed by atoms with Gasteiger partial charge in [-0.2, -0.15) is 8.42 Å². The molecule has 0 aliphatic heterocycles. The Bertz CT molecular complexity index is 213. The summed E-state index contributed by atoms with van der Waals surface area (Å²) in [7, 11) is -4.67. The summed E-state index contributed by atoms with van der Waals surface area (Å²) in [6.07, 6.45) is 0. The molecule has 0 saturated heterocycles. The van der Waals surface area contributed by atoms with Gasteiger partial charge in [-0.3, -0.25) is 9.11 Å². The van der Waals surface area contributed by atoms with Crippen LogP contribution in [0, 0.1) is 0 Å². The molecule has 0 aromatic heterocycles. The van der Waals surface area contributed by atoms with Gasteiger partial charge in [0, 0.05) is 0 Å². The summed E-state index contributed by atoms with van der Waals surface area (Å²) < 4.78 is 66.1. The molecule has 0 atom stereocenters. The predicted molar refractivity (Wildman–Crippen MR) is 27.5 cm³/mol. The zero-order valence-corrected chi connectivity index (χ0v) is 8.98. The molecule has 80 valence electrons. The minimum atomic E-state index is -6.02. The molecule has 0 aromatic rings. The van der Waals surface area contributed by atoms with E-state index in [0.717, 1.165) is 0 Å². The second-order valence-electron chi connectivity index (χ2n) is 0.856. The van der Waals surface area contributed by atoms with Crippen molar-refractivity contribution in [3.8, 4) is 0 Å². The van der Waals surface area contributed by atoms with Gasteiger partial charge in [0.15, 0.2) is 0 Å². The fraction of sp³-hybridized carbons (Fsp3) is 0. The Morgan fingerprint density at radius 3 is 1.00 bits per heavy atom. The van der Waals surface area contributed by atoms with E-state index >= 15 is 0 Å². The van der Waals surface area contributed by atoms with E-state index in [2.05, 4.69) is 0 Å². The van der Waals surface area contributed by atoms with Gasteiger partial charge < -0.3 is 12.3 Å². The van der Waals surface area contributed by atoms with Crippen LogP contribution in [0.1, 0.15) is 0 Å². The average Bonchev–Trinajstić information content (AvgIpc) is 1.12. The zero-order chi connectivity index (χ0) is 9.00. The van der Waals surface area contributed by atoms with Gasteiger partial charge in [0.05, 0.1) is 0 Å². The second-order valence-corrected chi connectivity index (χ2v) is 3.76. The first-order valence-corrected chi connectivity index (χ1v) is 6.04. The van der Waals surface area contributed by atoms with Crippen LogP contribution >= 0.6 is 0 Å². The van der Waals surface area contributed by atoms with Crippen LogP contribution in [0.4, 0.5) is 0 Å². The molecule has 0 fully saturated rings. The molecule has 0 radical (unpaired) electrons. The van der Waals surface area contributed by atoms with Crippen LogP contribution in [0.2, 0.25) is 0 Å². The number of rotatable bonds is 0. The molecule has 10 N–H and O–H groups in total. The Morgan fingerprint density at radius 1 is 1.00 bits per heavy atom. The molecule has 0 aliphatic carbocycles. The molecule has 0 spiro atoms. The molecule has 0 bridgehead atoms. The van der Waals surface area contributed by atoms with Gasteiger partial charge in [-0.05, 0) is 0 Å². The van der Waals surface area contributed by atoms with E-state index < -0.39 is 27.1 Å². The fourth-order valence-corrected chi connectivity index (χ4v) is 0. The van der Waals surface area contributed by atoms with Crippen LogP contribution in [-0.2, 0) is 33.9 Å². The third kappa shape index (κ3) is 284000000. The van der Waals surface area contributed by atoms with Crippen molar-refractivity contribution >= 4 is 10.4 Å². The molecule has 0 unspecified atom stereocenters. The van der Waals surface area contributed by atoms with Gasteiger partial charge in [-0.1, -0.05) is 0 Å². The SMILES string of the molecule is O=S(=O)(O)O.[NH4+].[NH4+].[O]=[Mo](=[O])([O-])[O-]. The molecule has 0 heterocycles. The quantitative estimate of drug-likeness (QED) is 0.274. The minimum absolute atomic E-state index is 0. The van der Waals surface area contributed by atoms with Crippen molar-refractivity contribution in [1.29, 1.82) is 0 Å². The fourth-order valence-electron chi connectivity index (χ4n) is 0. The normalized spacial score (nSPS) is 9.67. The summed E-state index contributed by atoms with van der Waals surface area (Å²) in [5.74, 6) is 0.